The summed E-state index contributed by atoms with van der Waals surface area (Å²) in [6.45, 7) is 0.700. The van der Waals surface area contributed by atoms with E-state index in [4.69, 9.17) is 0 Å². The predicted octanol–water partition coefficient (Wildman–Crippen LogP) is 2.96. The maximum atomic E-state index is 12.4. The first-order valence-corrected chi connectivity index (χ1v) is 8.56. The number of amides is 1. The van der Waals surface area contributed by atoms with Crippen LogP contribution < -0.4 is 5.32 Å². The molecule has 1 N–H and O–H groups in total. The van der Waals surface area contributed by atoms with Gasteiger partial charge in [0.25, 0.3) is 0 Å². The van der Waals surface area contributed by atoms with E-state index in [1.54, 1.807) is 0 Å². The van der Waals surface area contributed by atoms with Crippen LogP contribution >= 0.6 is 0 Å². The third kappa shape index (κ3) is 2.70. The number of para-hydroxylation sites is 1. The highest BCUT2D eigenvalue weighted by molar-refractivity contribution is 5.80. The lowest BCUT2D eigenvalue weighted by Gasteiger charge is -2.23. The van der Waals surface area contributed by atoms with Crippen LogP contribution in [0.25, 0.3) is 10.9 Å². The van der Waals surface area contributed by atoms with Gasteiger partial charge < -0.3 is 9.88 Å². The van der Waals surface area contributed by atoms with E-state index in [-0.39, 0.29) is 11.9 Å². The van der Waals surface area contributed by atoms with Crippen LogP contribution in [0.5, 0.6) is 0 Å². The normalized spacial score (nSPS) is 17.0. The average molecular weight is 322 g/mol. The molecule has 1 amide bonds. The number of hydrogen-bond donors (Lipinski definition) is 1. The quantitative estimate of drug-likeness (QED) is 0.803. The lowest BCUT2D eigenvalue weighted by atomic mass is 9.93. The Morgan fingerprint density at radius 3 is 3.12 bits per heavy atom. The summed E-state index contributed by atoms with van der Waals surface area (Å²) in [4.78, 5) is 12.4. The molecule has 0 radical (unpaired) electrons. The van der Waals surface area contributed by atoms with Crippen molar-refractivity contribution in [1.29, 1.82) is 0 Å². The first kappa shape index (κ1) is 15.0. The van der Waals surface area contributed by atoms with Crippen molar-refractivity contribution in [1.82, 2.24) is 19.7 Å². The highest BCUT2D eigenvalue weighted by atomic mass is 16.1. The molecule has 4 rings (SSSR count). The van der Waals surface area contributed by atoms with Crippen LogP contribution in [0.4, 0.5) is 0 Å². The molecular formula is C19H22N4O. The largest absolute Gasteiger partial charge is 0.349 e. The van der Waals surface area contributed by atoms with Crippen LogP contribution in [-0.2, 0) is 24.8 Å². The van der Waals surface area contributed by atoms with E-state index >= 15 is 0 Å². The van der Waals surface area contributed by atoms with Crippen LogP contribution in [0.15, 0.2) is 42.7 Å². The Morgan fingerprint density at radius 2 is 2.21 bits per heavy atom. The van der Waals surface area contributed by atoms with Crippen molar-refractivity contribution in [2.45, 2.75) is 38.3 Å². The van der Waals surface area contributed by atoms with Crippen molar-refractivity contribution >= 4 is 16.8 Å². The molecule has 0 fully saturated rings. The van der Waals surface area contributed by atoms with Gasteiger partial charge in [-0.1, -0.05) is 18.2 Å². The monoisotopic (exact) mass is 322 g/mol. The molecule has 24 heavy (non-hydrogen) atoms. The van der Waals surface area contributed by atoms with Crippen molar-refractivity contribution in [2.24, 2.45) is 7.05 Å². The van der Waals surface area contributed by atoms with Gasteiger partial charge in [0.1, 0.15) is 0 Å². The number of nitrogens with one attached hydrogen (secondary N) is 1. The van der Waals surface area contributed by atoms with Crippen LogP contribution in [0.2, 0.25) is 0 Å². The van der Waals surface area contributed by atoms with Crippen molar-refractivity contribution < 1.29 is 4.79 Å². The number of benzene rings is 1. The van der Waals surface area contributed by atoms with E-state index < -0.39 is 0 Å². The van der Waals surface area contributed by atoms with E-state index in [9.17, 15) is 4.79 Å². The van der Waals surface area contributed by atoms with Gasteiger partial charge >= 0.3 is 0 Å². The standard InChI is InChI=1S/C19H22N4O/c1-22-18-8-4-6-16(15(18)13-20-22)21-19(24)10-12-23-11-9-14-5-2-3-7-17(14)23/h2-3,5,7,9,11,13,16H,4,6,8,10,12H2,1H3,(H,21,24). The summed E-state index contributed by atoms with van der Waals surface area (Å²) in [5, 5.41) is 8.74. The van der Waals surface area contributed by atoms with Crippen LogP contribution in [0.3, 0.4) is 0 Å². The van der Waals surface area contributed by atoms with Gasteiger partial charge in [0, 0.05) is 43.0 Å². The third-order valence-electron chi connectivity index (χ3n) is 4.97. The van der Waals surface area contributed by atoms with Gasteiger partial charge in [0.2, 0.25) is 5.91 Å². The van der Waals surface area contributed by atoms with Gasteiger partial charge in [-0.15, -0.1) is 0 Å². The van der Waals surface area contributed by atoms with Gasteiger partial charge in [-0.2, -0.15) is 5.10 Å². The molecule has 0 bridgehead atoms. The summed E-state index contributed by atoms with van der Waals surface area (Å²) in [7, 11) is 1.97. The summed E-state index contributed by atoms with van der Waals surface area (Å²) >= 11 is 0. The molecule has 124 valence electrons. The van der Waals surface area contributed by atoms with Gasteiger partial charge in [0.15, 0.2) is 0 Å². The van der Waals surface area contributed by atoms with Crippen LogP contribution in [0.1, 0.15) is 36.6 Å². The van der Waals surface area contributed by atoms with Crippen LogP contribution in [-0.4, -0.2) is 20.3 Å². The predicted molar refractivity (Wildman–Crippen MR) is 93.6 cm³/mol. The number of carbonyl (C=O) groups excluding carboxylic acids is 1. The van der Waals surface area contributed by atoms with Crippen molar-refractivity contribution in [3.05, 3.63) is 54.0 Å². The fraction of sp³-hybridized carbons (Fsp3) is 0.368. The lowest BCUT2D eigenvalue weighted by molar-refractivity contribution is -0.122. The van der Waals surface area contributed by atoms with E-state index in [2.05, 4.69) is 39.4 Å². The number of aromatic nitrogens is 3. The first-order chi connectivity index (χ1) is 11.7. The minimum atomic E-state index is 0.106. The fourth-order valence-corrected chi connectivity index (χ4v) is 3.68. The van der Waals surface area contributed by atoms with Crippen molar-refractivity contribution in [2.75, 3.05) is 0 Å². The number of hydrogen-bond acceptors (Lipinski definition) is 2. The first-order valence-electron chi connectivity index (χ1n) is 8.56. The van der Waals surface area contributed by atoms with Gasteiger partial charge in [-0.25, -0.2) is 0 Å². The molecule has 5 nitrogen and oxygen atoms in total. The number of rotatable bonds is 4. The number of aryl methyl sites for hydroxylation is 2. The summed E-state index contributed by atoms with van der Waals surface area (Å²) in [6.07, 6.45) is 7.59. The molecule has 1 aromatic carbocycles. The molecule has 0 saturated carbocycles. The summed E-state index contributed by atoms with van der Waals surface area (Å²) in [5.74, 6) is 0.106. The van der Waals surface area contributed by atoms with Gasteiger partial charge in [-0.3, -0.25) is 9.48 Å². The Bertz CT molecular complexity index is 877. The highest BCUT2D eigenvalue weighted by Crippen LogP contribution is 2.29. The molecule has 0 spiro atoms. The zero-order chi connectivity index (χ0) is 16.5. The smallest absolute Gasteiger partial charge is 0.222 e. The molecule has 5 heteroatoms. The third-order valence-corrected chi connectivity index (χ3v) is 4.97. The zero-order valence-corrected chi connectivity index (χ0v) is 13.9. The maximum absolute atomic E-state index is 12.4. The summed E-state index contributed by atoms with van der Waals surface area (Å²) in [6, 6.07) is 10.5. The Hall–Kier alpha value is -2.56. The van der Waals surface area contributed by atoms with Crippen molar-refractivity contribution in [3.63, 3.8) is 0 Å². The average Bonchev–Trinajstić information content (AvgIpc) is 3.18. The minimum Gasteiger partial charge on any atom is -0.349 e. The number of nitrogens with zero attached hydrogens (tertiary/aromatic N) is 3. The Labute approximate surface area is 141 Å². The van der Waals surface area contributed by atoms with Gasteiger partial charge in [0.05, 0.1) is 12.2 Å². The molecule has 1 unspecified atom stereocenters. The lowest BCUT2D eigenvalue weighted by Crippen LogP contribution is -2.31. The molecular weight excluding hydrogens is 300 g/mol. The second-order valence-corrected chi connectivity index (χ2v) is 6.50. The zero-order valence-electron chi connectivity index (χ0n) is 13.9. The topological polar surface area (TPSA) is 51.9 Å². The molecule has 0 saturated heterocycles. The highest BCUT2D eigenvalue weighted by Gasteiger charge is 2.24. The van der Waals surface area contributed by atoms with E-state index in [0.717, 1.165) is 19.3 Å². The second-order valence-electron chi connectivity index (χ2n) is 6.50. The summed E-state index contributed by atoms with van der Waals surface area (Å²) < 4.78 is 4.07. The minimum absolute atomic E-state index is 0.106. The van der Waals surface area contributed by atoms with Crippen LogP contribution in [0, 0.1) is 0 Å². The Balaban J connectivity index is 1.41. The Morgan fingerprint density at radius 1 is 1.33 bits per heavy atom. The fourth-order valence-electron chi connectivity index (χ4n) is 3.68. The van der Waals surface area contributed by atoms with E-state index in [0.29, 0.717) is 13.0 Å². The molecule has 0 aliphatic heterocycles. The van der Waals surface area contributed by atoms with E-state index in [1.807, 2.05) is 30.1 Å². The van der Waals surface area contributed by atoms with E-state index in [1.165, 1.54) is 22.2 Å². The second kappa shape index (κ2) is 6.15. The molecule has 1 atom stereocenters. The SMILES string of the molecule is Cn1ncc2c1CCCC2NC(=O)CCn1ccc2ccccc21. The number of fused-ring (bicyclic) bond motifs is 2. The molecule has 1 aliphatic rings. The Kier molecular flexibility index (Phi) is 3.84. The van der Waals surface area contributed by atoms with Crippen molar-refractivity contribution in [3.8, 4) is 0 Å². The van der Waals surface area contributed by atoms with Gasteiger partial charge in [-0.05, 0) is 36.8 Å². The molecule has 3 aromatic rings. The molecule has 2 aromatic heterocycles. The molecule has 2 heterocycles. The summed E-state index contributed by atoms with van der Waals surface area (Å²) in [5.41, 5.74) is 3.61. The number of carbonyl (C=O) groups is 1. The maximum Gasteiger partial charge on any atom is 0.222 e. The molecule has 1 aliphatic carbocycles.